The minimum absolute atomic E-state index is 0.370. The number of para-hydroxylation sites is 1. The summed E-state index contributed by atoms with van der Waals surface area (Å²) in [4.78, 5) is 5.83. The summed E-state index contributed by atoms with van der Waals surface area (Å²) in [5.74, 6) is 0. The molecule has 3 aromatic heterocycles. The summed E-state index contributed by atoms with van der Waals surface area (Å²) in [5.41, 5.74) is 14.1. The fraction of sp³-hybridized carbons (Fsp3) is 0.0238. The van der Waals surface area contributed by atoms with Crippen LogP contribution in [0.4, 0.5) is 0 Å². The highest BCUT2D eigenvalue weighted by atomic mass is 32.1. The maximum Gasteiger partial charge on any atom is 0.124 e. The monoisotopic (exact) mass is 588 g/mol. The van der Waals surface area contributed by atoms with Gasteiger partial charge in [-0.2, -0.15) is 0 Å². The number of benzene rings is 6. The van der Waals surface area contributed by atoms with Gasteiger partial charge in [0.25, 0.3) is 0 Å². The van der Waals surface area contributed by atoms with Gasteiger partial charge in [0.1, 0.15) is 4.83 Å². The average molecular weight is 589 g/mol. The SMILES string of the molecule is c1ccc2c(c1)-c1ccccc1C21c2ccccc2-c2ccc(-n3c4ccccc4c4ccc5c6cccnc6sc5c43)cc21. The highest BCUT2D eigenvalue weighted by Gasteiger charge is 2.51. The zero-order valence-corrected chi connectivity index (χ0v) is 25.0. The molecule has 6 aromatic carbocycles. The second-order valence-corrected chi connectivity index (χ2v) is 13.3. The molecule has 11 rings (SSSR count). The lowest BCUT2D eigenvalue weighted by molar-refractivity contribution is 0.792. The van der Waals surface area contributed by atoms with Gasteiger partial charge in [-0.1, -0.05) is 109 Å². The lowest BCUT2D eigenvalue weighted by Crippen LogP contribution is -2.26. The molecule has 208 valence electrons. The van der Waals surface area contributed by atoms with Crippen LogP contribution < -0.4 is 0 Å². The Labute approximate surface area is 263 Å². The molecule has 3 heterocycles. The van der Waals surface area contributed by atoms with E-state index in [0.717, 1.165) is 4.83 Å². The van der Waals surface area contributed by atoms with E-state index in [4.69, 9.17) is 4.98 Å². The van der Waals surface area contributed by atoms with Crippen LogP contribution >= 0.6 is 11.3 Å². The maximum absolute atomic E-state index is 4.75. The standard InChI is InChI=1S/C42H24N2S/c1-5-15-34-26(10-1)27-11-2-6-16-35(27)42(34)36-17-7-3-12-28(36)29-20-19-25(24-37(29)42)44-38-18-8-4-13-30(38)31-21-22-32-33-14-9-23-43-41(33)45-40(32)39(31)44/h1-24H. The zero-order chi connectivity index (χ0) is 29.3. The normalized spacial score (nSPS) is 14.0. The third kappa shape index (κ3) is 2.79. The van der Waals surface area contributed by atoms with E-state index >= 15 is 0 Å². The number of hydrogen-bond donors (Lipinski definition) is 0. The van der Waals surface area contributed by atoms with Crippen LogP contribution in [0.3, 0.4) is 0 Å². The Bertz CT molecular complexity index is 2660. The summed E-state index contributed by atoms with van der Waals surface area (Å²) in [5, 5.41) is 5.04. The largest absolute Gasteiger partial charge is 0.308 e. The van der Waals surface area contributed by atoms with Gasteiger partial charge in [-0.05, 0) is 74.8 Å². The first-order valence-corrected chi connectivity index (χ1v) is 16.3. The van der Waals surface area contributed by atoms with Gasteiger partial charge in [0.05, 0.1) is 21.1 Å². The van der Waals surface area contributed by atoms with Crippen molar-refractivity contribution in [1.29, 1.82) is 0 Å². The molecule has 2 aliphatic carbocycles. The molecule has 2 nitrogen and oxygen atoms in total. The van der Waals surface area contributed by atoms with Crippen molar-refractivity contribution in [3.05, 3.63) is 168 Å². The molecule has 0 N–H and O–H groups in total. The first kappa shape index (κ1) is 23.9. The summed E-state index contributed by atoms with van der Waals surface area (Å²) < 4.78 is 3.79. The number of nitrogens with zero attached hydrogens (tertiary/aromatic N) is 2. The van der Waals surface area contributed by atoms with Crippen molar-refractivity contribution in [3.63, 3.8) is 0 Å². The fourth-order valence-electron chi connectivity index (χ4n) is 8.61. The zero-order valence-electron chi connectivity index (χ0n) is 24.2. The maximum atomic E-state index is 4.75. The molecule has 0 unspecified atom stereocenters. The number of fused-ring (bicyclic) bond motifs is 17. The van der Waals surface area contributed by atoms with Crippen LogP contribution in [0.25, 0.3) is 70.0 Å². The molecule has 0 aliphatic heterocycles. The Kier molecular flexibility index (Phi) is 4.43. The van der Waals surface area contributed by atoms with Crippen molar-refractivity contribution in [2.45, 2.75) is 5.41 Å². The van der Waals surface area contributed by atoms with Crippen molar-refractivity contribution in [2.75, 3.05) is 0 Å². The lowest BCUT2D eigenvalue weighted by atomic mass is 9.70. The van der Waals surface area contributed by atoms with E-state index in [1.54, 1.807) is 11.3 Å². The third-order valence-corrected chi connectivity index (χ3v) is 11.4. The Hall–Kier alpha value is -5.51. The molecule has 0 amide bonds. The molecule has 0 saturated carbocycles. The summed E-state index contributed by atoms with van der Waals surface area (Å²) in [6, 6.07) is 52.0. The molecule has 1 spiro atoms. The van der Waals surface area contributed by atoms with Crippen LogP contribution in [0.2, 0.25) is 0 Å². The highest BCUT2D eigenvalue weighted by Crippen LogP contribution is 2.63. The smallest absolute Gasteiger partial charge is 0.124 e. The third-order valence-electron chi connectivity index (χ3n) is 10.3. The molecular formula is C42H24N2S. The molecule has 0 saturated heterocycles. The average Bonchev–Trinajstić information content (AvgIpc) is 3.82. The number of thiophene rings is 1. The number of rotatable bonds is 1. The lowest BCUT2D eigenvalue weighted by Gasteiger charge is -2.30. The molecule has 0 fully saturated rings. The van der Waals surface area contributed by atoms with Crippen LogP contribution in [-0.4, -0.2) is 9.55 Å². The van der Waals surface area contributed by atoms with Gasteiger partial charge in [-0.15, -0.1) is 11.3 Å². The molecule has 45 heavy (non-hydrogen) atoms. The second kappa shape index (κ2) is 8.35. The number of hydrogen-bond acceptors (Lipinski definition) is 2. The van der Waals surface area contributed by atoms with Gasteiger partial charge >= 0.3 is 0 Å². The van der Waals surface area contributed by atoms with E-state index in [0.29, 0.717) is 0 Å². The Morgan fingerprint density at radius 2 is 1.09 bits per heavy atom. The van der Waals surface area contributed by atoms with Crippen molar-refractivity contribution < 1.29 is 0 Å². The Morgan fingerprint density at radius 3 is 1.82 bits per heavy atom. The van der Waals surface area contributed by atoms with Gasteiger partial charge in [0.2, 0.25) is 0 Å². The summed E-state index contributed by atoms with van der Waals surface area (Å²) in [6.07, 6.45) is 1.90. The summed E-state index contributed by atoms with van der Waals surface area (Å²) in [7, 11) is 0. The minimum Gasteiger partial charge on any atom is -0.308 e. The van der Waals surface area contributed by atoms with Crippen LogP contribution in [0.15, 0.2) is 146 Å². The van der Waals surface area contributed by atoms with Crippen molar-refractivity contribution in [1.82, 2.24) is 9.55 Å². The molecule has 0 radical (unpaired) electrons. The quantitative estimate of drug-likeness (QED) is 0.187. The predicted octanol–water partition coefficient (Wildman–Crippen LogP) is 10.9. The Morgan fingerprint density at radius 1 is 0.489 bits per heavy atom. The number of aromatic nitrogens is 2. The van der Waals surface area contributed by atoms with E-state index in [1.807, 2.05) is 12.3 Å². The van der Waals surface area contributed by atoms with Gasteiger partial charge in [-0.3, -0.25) is 0 Å². The summed E-state index contributed by atoms with van der Waals surface area (Å²) in [6.45, 7) is 0. The predicted molar refractivity (Wildman–Crippen MR) is 188 cm³/mol. The van der Waals surface area contributed by atoms with Crippen LogP contribution in [0, 0.1) is 0 Å². The molecule has 0 atom stereocenters. The highest BCUT2D eigenvalue weighted by molar-refractivity contribution is 7.26. The van der Waals surface area contributed by atoms with Crippen LogP contribution in [-0.2, 0) is 5.41 Å². The van der Waals surface area contributed by atoms with Crippen molar-refractivity contribution in [3.8, 4) is 27.9 Å². The number of pyridine rings is 1. The Balaban J connectivity index is 1.29. The molecule has 3 heteroatoms. The van der Waals surface area contributed by atoms with E-state index in [9.17, 15) is 0 Å². The van der Waals surface area contributed by atoms with E-state index < -0.39 is 0 Å². The fourth-order valence-corrected chi connectivity index (χ4v) is 9.79. The summed E-state index contributed by atoms with van der Waals surface area (Å²) >= 11 is 1.80. The first-order valence-electron chi connectivity index (χ1n) is 15.5. The van der Waals surface area contributed by atoms with Crippen LogP contribution in [0.5, 0.6) is 0 Å². The van der Waals surface area contributed by atoms with Gasteiger partial charge in [0, 0.05) is 33.4 Å². The first-order chi connectivity index (χ1) is 22.3. The molecule has 2 aliphatic rings. The molecular weight excluding hydrogens is 565 g/mol. The van der Waals surface area contributed by atoms with Gasteiger partial charge in [0.15, 0.2) is 0 Å². The van der Waals surface area contributed by atoms with E-state index in [-0.39, 0.29) is 5.41 Å². The van der Waals surface area contributed by atoms with Crippen LogP contribution in [0.1, 0.15) is 22.3 Å². The van der Waals surface area contributed by atoms with Gasteiger partial charge in [-0.25, -0.2) is 4.98 Å². The van der Waals surface area contributed by atoms with Crippen molar-refractivity contribution >= 4 is 53.4 Å². The minimum atomic E-state index is -0.370. The topological polar surface area (TPSA) is 17.8 Å². The van der Waals surface area contributed by atoms with E-state index in [2.05, 4.69) is 138 Å². The molecule has 0 bridgehead atoms. The van der Waals surface area contributed by atoms with E-state index in [1.165, 1.54) is 87.5 Å². The van der Waals surface area contributed by atoms with Gasteiger partial charge < -0.3 is 4.57 Å². The molecule has 9 aromatic rings. The second-order valence-electron chi connectivity index (χ2n) is 12.3. The van der Waals surface area contributed by atoms with Crippen molar-refractivity contribution in [2.24, 2.45) is 0 Å².